The van der Waals surface area contributed by atoms with Crippen molar-refractivity contribution in [2.75, 3.05) is 6.54 Å². The monoisotopic (exact) mass is 225 g/mol. The molecule has 0 aromatic heterocycles. The predicted molar refractivity (Wildman–Crippen MR) is 63.4 cm³/mol. The van der Waals surface area contributed by atoms with Gasteiger partial charge in [-0.3, -0.25) is 9.69 Å². The first-order valence-electron chi connectivity index (χ1n) is 6.66. The van der Waals surface area contributed by atoms with Gasteiger partial charge in [0.2, 0.25) is 0 Å². The lowest BCUT2D eigenvalue weighted by Crippen LogP contribution is -2.48. The largest absolute Gasteiger partial charge is 0.481 e. The van der Waals surface area contributed by atoms with E-state index in [0.717, 1.165) is 18.9 Å². The van der Waals surface area contributed by atoms with E-state index in [1.807, 2.05) is 0 Å². The summed E-state index contributed by atoms with van der Waals surface area (Å²) in [5.74, 6) is 0.122. The smallest absolute Gasteiger partial charge is 0.304 e. The van der Waals surface area contributed by atoms with Crippen molar-refractivity contribution >= 4 is 5.97 Å². The number of piperidine rings is 1. The first-order chi connectivity index (χ1) is 7.68. The van der Waals surface area contributed by atoms with Gasteiger partial charge < -0.3 is 5.11 Å². The summed E-state index contributed by atoms with van der Waals surface area (Å²) in [6.45, 7) is 3.44. The van der Waals surface area contributed by atoms with Crippen LogP contribution in [0.15, 0.2) is 0 Å². The van der Waals surface area contributed by atoms with Crippen molar-refractivity contribution < 1.29 is 9.90 Å². The second kappa shape index (κ2) is 5.17. The zero-order valence-electron chi connectivity index (χ0n) is 10.2. The summed E-state index contributed by atoms with van der Waals surface area (Å²) < 4.78 is 0. The van der Waals surface area contributed by atoms with E-state index in [0.29, 0.717) is 18.5 Å². The van der Waals surface area contributed by atoms with Crippen LogP contribution >= 0.6 is 0 Å². The Morgan fingerprint density at radius 1 is 1.25 bits per heavy atom. The molecule has 92 valence electrons. The van der Waals surface area contributed by atoms with Crippen LogP contribution in [0.5, 0.6) is 0 Å². The average molecular weight is 225 g/mol. The van der Waals surface area contributed by atoms with E-state index in [-0.39, 0.29) is 0 Å². The van der Waals surface area contributed by atoms with Crippen LogP contribution in [0.2, 0.25) is 0 Å². The van der Waals surface area contributed by atoms with Gasteiger partial charge in [-0.2, -0.15) is 0 Å². The van der Waals surface area contributed by atoms with Gasteiger partial charge in [0, 0.05) is 12.1 Å². The molecule has 0 aromatic rings. The molecule has 3 nitrogen and oxygen atoms in total. The second-order valence-corrected chi connectivity index (χ2v) is 5.46. The topological polar surface area (TPSA) is 40.5 Å². The van der Waals surface area contributed by atoms with Crippen LogP contribution < -0.4 is 0 Å². The zero-order valence-corrected chi connectivity index (χ0v) is 10.2. The van der Waals surface area contributed by atoms with Crippen molar-refractivity contribution in [3.05, 3.63) is 0 Å². The van der Waals surface area contributed by atoms with Crippen molar-refractivity contribution in [2.45, 2.75) is 64.0 Å². The van der Waals surface area contributed by atoms with Crippen molar-refractivity contribution in [1.82, 2.24) is 4.90 Å². The second-order valence-electron chi connectivity index (χ2n) is 5.46. The highest BCUT2D eigenvalue weighted by atomic mass is 16.4. The Hall–Kier alpha value is -0.570. The Balaban J connectivity index is 2.00. The number of carboxylic acid groups (broad SMARTS) is 1. The van der Waals surface area contributed by atoms with Crippen molar-refractivity contribution in [2.24, 2.45) is 5.92 Å². The lowest BCUT2D eigenvalue weighted by molar-refractivity contribution is -0.139. The number of carbonyl (C=O) groups is 1. The third-order valence-electron chi connectivity index (χ3n) is 4.33. The van der Waals surface area contributed by atoms with Crippen LogP contribution in [0.4, 0.5) is 0 Å². The number of rotatable bonds is 3. The predicted octanol–water partition coefficient (Wildman–Crippen LogP) is 2.50. The molecule has 0 amide bonds. The summed E-state index contributed by atoms with van der Waals surface area (Å²) in [4.78, 5) is 13.4. The molecule has 16 heavy (non-hydrogen) atoms. The average Bonchev–Trinajstić information content (AvgIpc) is 2.64. The minimum Gasteiger partial charge on any atom is -0.481 e. The Morgan fingerprint density at radius 2 is 2.06 bits per heavy atom. The highest BCUT2D eigenvalue weighted by Gasteiger charge is 2.35. The highest BCUT2D eigenvalue weighted by Crippen LogP contribution is 2.34. The molecule has 2 fully saturated rings. The molecule has 1 saturated heterocycles. The lowest BCUT2D eigenvalue weighted by atomic mass is 9.94. The van der Waals surface area contributed by atoms with Crippen molar-refractivity contribution in [3.8, 4) is 0 Å². The van der Waals surface area contributed by atoms with Gasteiger partial charge in [0.15, 0.2) is 0 Å². The van der Waals surface area contributed by atoms with Gasteiger partial charge in [0.1, 0.15) is 0 Å². The number of hydrogen-bond acceptors (Lipinski definition) is 2. The maximum Gasteiger partial charge on any atom is 0.304 e. The van der Waals surface area contributed by atoms with E-state index in [4.69, 9.17) is 5.11 Å². The molecule has 2 rings (SSSR count). The van der Waals surface area contributed by atoms with Crippen LogP contribution in [-0.2, 0) is 4.79 Å². The van der Waals surface area contributed by atoms with Gasteiger partial charge in [0.25, 0.3) is 0 Å². The number of aliphatic carboxylic acids is 1. The minimum absolute atomic E-state index is 0.303. The van der Waals surface area contributed by atoms with E-state index < -0.39 is 5.97 Å². The number of nitrogens with zero attached hydrogens (tertiary/aromatic N) is 1. The molecule has 3 heteroatoms. The minimum atomic E-state index is -0.637. The van der Waals surface area contributed by atoms with E-state index in [1.54, 1.807) is 0 Å². The molecular weight excluding hydrogens is 202 g/mol. The summed E-state index contributed by atoms with van der Waals surface area (Å²) in [6, 6.07) is 0.960. The van der Waals surface area contributed by atoms with Gasteiger partial charge in [-0.05, 0) is 38.1 Å². The van der Waals surface area contributed by atoms with Crippen molar-refractivity contribution in [3.63, 3.8) is 0 Å². The Labute approximate surface area is 97.8 Å². The van der Waals surface area contributed by atoms with Crippen LogP contribution in [0.1, 0.15) is 51.9 Å². The lowest BCUT2D eigenvalue weighted by Gasteiger charge is -2.41. The molecule has 1 aliphatic carbocycles. The normalized spacial score (nSPS) is 36.4. The maximum absolute atomic E-state index is 10.9. The SMILES string of the molecule is CC1CCCC1N1CCCCC1CC(=O)O. The Morgan fingerprint density at radius 3 is 2.69 bits per heavy atom. The summed E-state index contributed by atoms with van der Waals surface area (Å²) in [7, 11) is 0. The van der Waals surface area contributed by atoms with E-state index >= 15 is 0 Å². The number of carboxylic acids is 1. The molecule has 1 saturated carbocycles. The molecular formula is C13H23NO2. The molecule has 1 N–H and O–H groups in total. The van der Waals surface area contributed by atoms with Gasteiger partial charge in [-0.25, -0.2) is 0 Å². The molecule has 3 unspecified atom stereocenters. The number of hydrogen-bond donors (Lipinski definition) is 1. The third kappa shape index (κ3) is 2.57. The molecule has 3 atom stereocenters. The number of likely N-dealkylation sites (tertiary alicyclic amines) is 1. The molecule has 1 heterocycles. The van der Waals surface area contributed by atoms with E-state index in [9.17, 15) is 4.79 Å². The molecule has 0 spiro atoms. The van der Waals surface area contributed by atoms with Gasteiger partial charge in [-0.1, -0.05) is 19.8 Å². The standard InChI is InChI=1S/C13H23NO2/c1-10-5-4-7-12(10)14-8-3-2-6-11(14)9-13(15)16/h10-12H,2-9H2,1H3,(H,15,16). The van der Waals surface area contributed by atoms with Crippen LogP contribution in [0, 0.1) is 5.92 Å². The third-order valence-corrected chi connectivity index (χ3v) is 4.33. The van der Waals surface area contributed by atoms with E-state index in [1.165, 1.54) is 32.1 Å². The maximum atomic E-state index is 10.9. The van der Waals surface area contributed by atoms with Crippen LogP contribution in [0.3, 0.4) is 0 Å². The summed E-state index contributed by atoms with van der Waals surface area (Å²) in [6.07, 6.45) is 7.79. The van der Waals surface area contributed by atoms with Crippen LogP contribution in [-0.4, -0.2) is 34.6 Å². The fourth-order valence-corrected chi connectivity index (χ4v) is 3.50. The molecule has 2 aliphatic rings. The first-order valence-corrected chi connectivity index (χ1v) is 6.66. The quantitative estimate of drug-likeness (QED) is 0.802. The Bertz CT molecular complexity index is 254. The fourth-order valence-electron chi connectivity index (χ4n) is 3.50. The molecule has 0 aromatic carbocycles. The molecule has 0 radical (unpaired) electrons. The Kier molecular flexibility index (Phi) is 3.85. The van der Waals surface area contributed by atoms with Crippen LogP contribution in [0.25, 0.3) is 0 Å². The summed E-state index contributed by atoms with van der Waals surface area (Å²) in [5.41, 5.74) is 0. The highest BCUT2D eigenvalue weighted by molar-refractivity contribution is 5.67. The van der Waals surface area contributed by atoms with E-state index in [2.05, 4.69) is 11.8 Å². The summed E-state index contributed by atoms with van der Waals surface area (Å²) in [5, 5.41) is 8.97. The molecule has 1 aliphatic heterocycles. The van der Waals surface area contributed by atoms with Gasteiger partial charge in [-0.15, -0.1) is 0 Å². The fraction of sp³-hybridized carbons (Fsp3) is 0.923. The summed E-state index contributed by atoms with van der Waals surface area (Å²) >= 11 is 0. The van der Waals surface area contributed by atoms with Gasteiger partial charge >= 0.3 is 5.97 Å². The van der Waals surface area contributed by atoms with Gasteiger partial charge in [0.05, 0.1) is 6.42 Å². The first kappa shape index (κ1) is 11.9. The zero-order chi connectivity index (χ0) is 11.5. The van der Waals surface area contributed by atoms with Crippen molar-refractivity contribution in [1.29, 1.82) is 0 Å². The molecule has 0 bridgehead atoms.